The van der Waals surface area contributed by atoms with Crippen molar-refractivity contribution in [1.82, 2.24) is 15.0 Å². The Labute approximate surface area is 80.5 Å². The van der Waals surface area contributed by atoms with Crippen LogP contribution >= 0.6 is 0 Å². The molecule has 1 aliphatic carbocycles. The average Bonchev–Trinajstić information content (AvgIpc) is 2.52. The van der Waals surface area contributed by atoms with Gasteiger partial charge in [-0.25, -0.2) is 9.48 Å². The topological polar surface area (TPSA) is 77.2 Å². The highest BCUT2D eigenvalue weighted by Gasteiger charge is 2.33. The van der Waals surface area contributed by atoms with Crippen LogP contribution < -0.4 is 0 Å². The standard InChI is InChI=1S/C8H11N3O3/c1-14-7-3-2-6(7)11-4-5(8(12)13)9-10-11/h4,6-7H,2-3H2,1H3,(H,12,13). The summed E-state index contributed by atoms with van der Waals surface area (Å²) in [5, 5.41) is 16.0. The highest BCUT2D eigenvalue weighted by molar-refractivity contribution is 5.84. The first-order chi connectivity index (χ1) is 6.72. The number of aromatic nitrogens is 3. The molecule has 0 saturated heterocycles. The van der Waals surface area contributed by atoms with Gasteiger partial charge in [-0.1, -0.05) is 5.21 Å². The Hall–Kier alpha value is -1.43. The molecule has 0 amide bonds. The molecule has 1 aromatic rings. The van der Waals surface area contributed by atoms with Gasteiger partial charge in [-0.2, -0.15) is 0 Å². The number of nitrogens with zero attached hydrogens (tertiary/aromatic N) is 3. The van der Waals surface area contributed by atoms with Crippen LogP contribution in [-0.4, -0.2) is 39.3 Å². The highest BCUT2D eigenvalue weighted by atomic mass is 16.5. The summed E-state index contributed by atoms with van der Waals surface area (Å²) in [6, 6.07) is 0.139. The van der Waals surface area contributed by atoms with Crippen molar-refractivity contribution in [2.24, 2.45) is 0 Å². The van der Waals surface area contributed by atoms with Crippen molar-refractivity contribution < 1.29 is 14.6 Å². The van der Waals surface area contributed by atoms with Crippen LogP contribution in [0, 0.1) is 0 Å². The number of methoxy groups -OCH3 is 1. The molecular weight excluding hydrogens is 186 g/mol. The highest BCUT2D eigenvalue weighted by Crippen LogP contribution is 2.33. The van der Waals surface area contributed by atoms with E-state index in [1.54, 1.807) is 11.8 Å². The van der Waals surface area contributed by atoms with Gasteiger partial charge in [-0.3, -0.25) is 0 Å². The molecule has 14 heavy (non-hydrogen) atoms. The van der Waals surface area contributed by atoms with E-state index in [0.717, 1.165) is 12.8 Å². The minimum Gasteiger partial charge on any atom is -0.476 e. The van der Waals surface area contributed by atoms with Crippen LogP contribution in [0.5, 0.6) is 0 Å². The minimum absolute atomic E-state index is 0.0215. The fourth-order valence-corrected chi connectivity index (χ4v) is 1.57. The molecule has 2 unspecified atom stereocenters. The van der Waals surface area contributed by atoms with Gasteiger partial charge >= 0.3 is 5.97 Å². The molecule has 1 N–H and O–H groups in total. The first kappa shape index (κ1) is 9.14. The van der Waals surface area contributed by atoms with Gasteiger partial charge in [0.25, 0.3) is 0 Å². The molecule has 0 aromatic carbocycles. The predicted molar refractivity (Wildman–Crippen MR) is 46.0 cm³/mol. The molecule has 0 bridgehead atoms. The van der Waals surface area contributed by atoms with Gasteiger partial charge in [0.15, 0.2) is 5.69 Å². The Bertz CT molecular complexity index is 347. The van der Waals surface area contributed by atoms with Crippen molar-refractivity contribution in [2.75, 3.05) is 7.11 Å². The number of carboxylic acid groups (broad SMARTS) is 1. The zero-order chi connectivity index (χ0) is 10.1. The second-order valence-electron chi connectivity index (χ2n) is 3.31. The fourth-order valence-electron chi connectivity index (χ4n) is 1.57. The van der Waals surface area contributed by atoms with Crippen molar-refractivity contribution in [3.05, 3.63) is 11.9 Å². The van der Waals surface area contributed by atoms with Gasteiger partial charge in [0, 0.05) is 7.11 Å². The summed E-state index contributed by atoms with van der Waals surface area (Å²) in [6.07, 6.45) is 3.53. The number of carboxylic acids is 1. The third kappa shape index (κ3) is 1.37. The number of rotatable bonds is 3. The summed E-state index contributed by atoms with van der Waals surface area (Å²) in [5.74, 6) is -1.05. The smallest absolute Gasteiger partial charge is 0.358 e. The molecule has 76 valence electrons. The van der Waals surface area contributed by atoms with Crippen LogP contribution in [0.1, 0.15) is 29.4 Å². The van der Waals surface area contributed by atoms with Crippen molar-refractivity contribution in [2.45, 2.75) is 25.0 Å². The summed E-state index contributed by atoms with van der Waals surface area (Å²) in [5.41, 5.74) is -0.0215. The largest absolute Gasteiger partial charge is 0.476 e. The van der Waals surface area contributed by atoms with Crippen LogP contribution in [0.25, 0.3) is 0 Å². The van der Waals surface area contributed by atoms with Gasteiger partial charge in [0.1, 0.15) is 0 Å². The average molecular weight is 197 g/mol. The number of hydrogen-bond acceptors (Lipinski definition) is 4. The van der Waals surface area contributed by atoms with Crippen LogP contribution in [0.2, 0.25) is 0 Å². The number of aromatic carboxylic acids is 1. The van der Waals surface area contributed by atoms with Crippen molar-refractivity contribution >= 4 is 5.97 Å². The van der Waals surface area contributed by atoms with Gasteiger partial charge in [0.2, 0.25) is 0 Å². The van der Waals surface area contributed by atoms with Crippen molar-refractivity contribution in [3.8, 4) is 0 Å². The molecule has 1 saturated carbocycles. The van der Waals surface area contributed by atoms with E-state index in [-0.39, 0.29) is 17.8 Å². The second-order valence-corrected chi connectivity index (χ2v) is 3.31. The van der Waals surface area contributed by atoms with E-state index in [0.29, 0.717) is 0 Å². The molecule has 6 heteroatoms. The molecule has 0 radical (unpaired) electrons. The van der Waals surface area contributed by atoms with Gasteiger partial charge in [-0.15, -0.1) is 5.10 Å². The Morgan fingerprint density at radius 2 is 2.50 bits per heavy atom. The molecule has 0 spiro atoms. The maximum atomic E-state index is 10.5. The molecular formula is C8H11N3O3. The van der Waals surface area contributed by atoms with Crippen LogP contribution in [0.4, 0.5) is 0 Å². The van der Waals surface area contributed by atoms with Crippen molar-refractivity contribution in [3.63, 3.8) is 0 Å². The van der Waals surface area contributed by atoms with Gasteiger partial charge in [0.05, 0.1) is 18.3 Å². The maximum Gasteiger partial charge on any atom is 0.358 e. The molecule has 1 aromatic heterocycles. The molecule has 2 rings (SSSR count). The Balaban J connectivity index is 2.13. The number of carbonyl (C=O) groups is 1. The number of hydrogen-bond donors (Lipinski definition) is 1. The van der Waals surface area contributed by atoms with Crippen molar-refractivity contribution in [1.29, 1.82) is 0 Å². The summed E-state index contributed by atoms with van der Waals surface area (Å²) in [6.45, 7) is 0. The zero-order valence-electron chi connectivity index (χ0n) is 7.75. The monoisotopic (exact) mass is 197 g/mol. The lowest BCUT2D eigenvalue weighted by Crippen LogP contribution is -2.35. The molecule has 1 heterocycles. The summed E-state index contributed by atoms with van der Waals surface area (Å²) >= 11 is 0. The van der Waals surface area contributed by atoms with E-state index in [9.17, 15) is 4.79 Å². The SMILES string of the molecule is COC1CCC1n1cc(C(=O)O)nn1. The summed E-state index contributed by atoms with van der Waals surface area (Å²) < 4.78 is 6.76. The normalized spacial score (nSPS) is 25.8. The molecule has 1 fully saturated rings. The fraction of sp³-hybridized carbons (Fsp3) is 0.625. The first-order valence-electron chi connectivity index (χ1n) is 4.40. The zero-order valence-corrected chi connectivity index (χ0v) is 7.75. The molecule has 0 aliphatic heterocycles. The van der Waals surface area contributed by atoms with E-state index in [1.165, 1.54) is 6.20 Å². The Morgan fingerprint density at radius 1 is 1.71 bits per heavy atom. The van der Waals surface area contributed by atoms with Crippen LogP contribution in [0.3, 0.4) is 0 Å². The quantitative estimate of drug-likeness (QED) is 0.755. The Kier molecular flexibility index (Phi) is 2.20. The second kappa shape index (κ2) is 3.38. The summed E-state index contributed by atoms with van der Waals surface area (Å²) in [7, 11) is 1.64. The first-order valence-corrected chi connectivity index (χ1v) is 4.40. The van der Waals surface area contributed by atoms with Crippen LogP contribution in [0.15, 0.2) is 6.20 Å². The van der Waals surface area contributed by atoms with Gasteiger partial charge in [-0.05, 0) is 12.8 Å². The molecule has 6 nitrogen and oxygen atoms in total. The lowest BCUT2D eigenvalue weighted by Gasteiger charge is -2.34. The van der Waals surface area contributed by atoms with E-state index >= 15 is 0 Å². The minimum atomic E-state index is -1.05. The molecule has 2 atom stereocenters. The van der Waals surface area contributed by atoms with E-state index in [2.05, 4.69) is 10.3 Å². The van der Waals surface area contributed by atoms with E-state index in [1.807, 2.05) is 0 Å². The summed E-state index contributed by atoms with van der Waals surface area (Å²) in [4.78, 5) is 10.5. The predicted octanol–water partition coefficient (Wildman–Crippen LogP) is 0.326. The van der Waals surface area contributed by atoms with E-state index < -0.39 is 5.97 Å². The van der Waals surface area contributed by atoms with Gasteiger partial charge < -0.3 is 9.84 Å². The maximum absolute atomic E-state index is 10.5. The lowest BCUT2D eigenvalue weighted by atomic mass is 9.89. The number of ether oxygens (including phenoxy) is 1. The Morgan fingerprint density at radius 3 is 2.93 bits per heavy atom. The lowest BCUT2D eigenvalue weighted by molar-refractivity contribution is -0.0145. The van der Waals surface area contributed by atoms with Crippen LogP contribution in [-0.2, 0) is 4.74 Å². The third-order valence-electron chi connectivity index (χ3n) is 2.55. The third-order valence-corrected chi connectivity index (χ3v) is 2.55. The molecule has 1 aliphatic rings. The van der Waals surface area contributed by atoms with E-state index in [4.69, 9.17) is 9.84 Å².